The lowest BCUT2D eigenvalue weighted by molar-refractivity contribution is 0.254. The molecular formula is C17H21F2N3O. The van der Waals surface area contributed by atoms with Crippen LogP contribution in [0.15, 0.2) is 24.3 Å². The normalized spacial score (nSPS) is 15.3. The number of aromatic nitrogens is 2. The minimum absolute atomic E-state index is 0.0590. The van der Waals surface area contributed by atoms with Crippen LogP contribution in [-0.4, -0.2) is 16.8 Å². The quantitative estimate of drug-likeness (QED) is 0.884. The number of ether oxygens (including phenoxy) is 1. The van der Waals surface area contributed by atoms with Crippen LogP contribution in [0.2, 0.25) is 0 Å². The van der Waals surface area contributed by atoms with Gasteiger partial charge in [-0.15, -0.1) is 0 Å². The Morgan fingerprint density at radius 2 is 2.04 bits per heavy atom. The van der Waals surface area contributed by atoms with Crippen LogP contribution < -0.4 is 10.1 Å². The van der Waals surface area contributed by atoms with E-state index in [2.05, 4.69) is 10.4 Å². The molecule has 1 saturated carbocycles. The Hall–Kier alpha value is -1.95. The van der Waals surface area contributed by atoms with Gasteiger partial charge in [0.25, 0.3) is 0 Å². The molecule has 0 aliphatic heterocycles. The first-order valence-electron chi connectivity index (χ1n) is 7.97. The summed E-state index contributed by atoms with van der Waals surface area (Å²) in [6.45, 7) is 0.713. The maximum atomic E-state index is 13.7. The van der Waals surface area contributed by atoms with E-state index in [1.807, 2.05) is 17.8 Å². The molecule has 1 aliphatic rings. The summed E-state index contributed by atoms with van der Waals surface area (Å²) in [7, 11) is 1.86. The van der Waals surface area contributed by atoms with Crippen molar-refractivity contribution < 1.29 is 13.5 Å². The van der Waals surface area contributed by atoms with Gasteiger partial charge in [-0.2, -0.15) is 5.10 Å². The molecule has 2 aromatic rings. The lowest BCUT2D eigenvalue weighted by Gasteiger charge is -2.14. The molecule has 0 bridgehead atoms. The Bertz CT molecular complexity index is 666. The number of halogens is 2. The molecule has 0 saturated heterocycles. The maximum Gasteiger partial charge on any atom is 0.212 e. The fourth-order valence-corrected chi connectivity index (χ4v) is 3.00. The summed E-state index contributed by atoms with van der Waals surface area (Å²) in [5.41, 5.74) is 1.23. The second kappa shape index (κ2) is 7.08. The van der Waals surface area contributed by atoms with Crippen LogP contribution in [0.5, 0.6) is 5.88 Å². The Morgan fingerprint density at radius 1 is 1.26 bits per heavy atom. The molecule has 0 atom stereocenters. The van der Waals surface area contributed by atoms with Gasteiger partial charge in [-0.1, -0.05) is 12.8 Å². The predicted molar refractivity (Wildman–Crippen MR) is 83.2 cm³/mol. The standard InChI is InChI=1S/C17H21F2N3O/c1-20-10-14-9-17(22(21-14)15-4-2-3-5-15)23-11-12-6-7-13(18)8-16(12)19/h6-9,15,20H,2-5,10-11H2,1H3. The molecule has 0 unspecified atom stereocenters. The van der Waals surface area contributed by atoms with E-state index in [1.54, 1.807) is 0 Å². The van der Waals surface area contributed by atoms with Crippen LogP contribution in [0.4, 0.5) is 8.78 Å². The monoisotopic (exact) mass is 321 g/mol. The van der Waals surface area contributed by atoms with Crippen molar-refractivity contribution in [1.29, 1.82) is 0 Å². The average molecular weight is 321 g/mol. The number of rotatable bonds is 6. The molecule has 6 heteroatoms. The fraction of sp³-hybridized carbons (Fsp3) is 0.471. The van der Waals surface area contributed by atoms with E-state index >= 15 is 0 Å². The zero-order valence-electron chi connectivity index (χ0n) is 13.2. The van der Waals surface area contributed by atoms with Gasteiger partial charge in [0.1, 0.15) is 18.2 Å². The minimum Gasteiger partial charge on any atom is -0.473 e. The van der Waals surface area contributed by atoms with E-state index in [9.17, 15) is 8.78 Å². The molecule has 1 aromatic carbocycles. The second-order valence-electron chi connectivity index (χ2n) is 5.91. The lowest BCUT2D eigenvalue weighted by atomic mass is 10.2. The first kappa shape index (κ1) is 15.9. The highest BCUT2D eigenvalue weighted by Crippen LogP contribution is 2.33. The van der Waals surface area contributed by atoms with Crippen molar-refractivity contribution in [3.8, 4) is 5.88 Å². The van der Waals surface area contributed by atoms with Gasteiger partial charge < -0.3 is 10.1 Å². The number of hydrogen-bond acceptors (Lipinski definition) is 3. The molecule has 0 amide bonds. The Morgan fingerprint density at radius 3 is 2.74 bits per heavy atom. The molecule has 3 rings (SSSR count). The molecule has 1 aliphatic carbocycles. The second-order valence-corrected chi connectivity index (χ2v) is 5.91. The Kier molecular flexibility index (Phi) is 4.91. The minimum atomic E-state index is -0.590. The Labute approximate surface area is 134 Å². The van der Waals surface area contributed by atoms with Crippen LogP contribution in [-0.2, 0) is 13.2 Å². The summed E-state index contributed by atoms with van der Waals surface area (Å²) >= 11 is 0. The molecule has 124 valence electrons. The summed E-state index contributed by atoms with van der Waals surface area (Å²) in [4.78, 5) is 0. The van der Waals surface area contributed by atoms with Crippen molar-refractivity contribution in [2.75, 3.05) is 7.05 Å². The third-order valence-corrected chi connectivity index (χ3v) is 4.17. The van der Waals surface area contributed by atoms with Gasteiger partial charge in [0, 0.05) is 24.2 Å². The van der Waals surface area contributed by atoms with Crippen molar-refractivity contribution in [1.82, 2.24) is 15.1 Å². The average Bonchev–Trinajstić information content (AvgIpc) is 3.16. The highest BCUT2D eigenvalue weighted by molar-refractivity contribution is 5.21. The largest absolute Gasteiger partial charge is 0.473 e. The van der Waals surface area contributed by atoms with Crippen LogP contribution in [0, 0.1) is 11.6 Å². The first-order chi connectivity index (χ1) is 11.2. The van der Waals surface area contributed by atoms with Crippen LogP contribution >= 0.6 is 0 Å². The van der Waals surface area contributed by atoms with Gasteiger partial charge in [-0.3, -0.25) is 0 Å². The van der Waals surface area contributed by atoms with E-state index in [0.29, 0.717) is 24.0 Å². The van der Waals surface area contributed by atoms with Crippen LogP contribution in [0.3, 0.4) is 0 Å². The van der Waals surface area contributed by atoms with E-state index in [0.717, 1.165) is 24.6 Å². The first-order valence-corrected chi connectivity index (χ1v) is 7.97. The zero-order chi connectivity index (χ0) is 16.2. The third-order valence-electron chi connectivity index (χ3n) is 4.17. The highest BCUT2D eigenvalue weighted by Gasteiger charge is 2.22. The smallest absolute Gasteiger partial charge is 0.212 e. The topological polar surface area (TPSA) is 39.1 Å². The van der Waals surface area contributed by atoms with E-state index in [-0.39, 0.29) is 6.61 Å². The van der Waals surface area contributed by atoms with Crippen LogP contribution in [0.25, 0.3) is 0 Å². The summed E-state index contributed by atoms with van der Waals surface area (Å²) in [6, 6.07) is 5.75. The summed E-state index contributed by atoms with van der Waals surface area (Å²) in [6.07, 6.45) is 4.56. The maximum absolute atomic E-state index is 13.7. The van der Waals surface area contributed by atoms with Gasteiger partial charge >= 0.3 is 0 Å². The van der Waals surface area contributed by atoms with Crippen molar-refractivity contribution in [3.63, 3.8) is 0 Å². The molecule has 4 nitrogen and oxygen atoms in total. The molecule has 1 fully saturated rings. The van der Waals surface area contributed by atoms with Gasteiger partial charge in [-0.25, -0.2) is 13.5 Å². The van der Waals surface area contributed by atoms with Crippen molar-refractivity contribution >= 4 is 0 Å². The van der Waals surface area contributed by atoms with Crippen molar-refractivity contribution in [2.45, 2.75) is 44.9 Å². The number of benzene rings is 1. The van der Waals surface area contributed by atoms with Gasteiger partial charge in [0.15, 0.2) is 0 Å². The number of hydrogen-bond donors (Lipinski definition) is 1. The molecule has 1 aromatic heterocycles. The molecule has 0 radical (unpaired) electrons. The van der Waals surface area contributed by atoms with Gasteiger partial charge in [0.2, 0.25) is 5.88 Å². The predicted octanol–water partition coefficient (Wildman–Crippen LogP) is 3.57. The van der Waals surface area contributed by atoms with E-state index in [1.165, 1.54) is 25.0 Å². The van der Waals surface area contributed by atoms with Crippen molar-refractivity contribution in [3.05, 3.63) is 47.2 Å². The third kappa shape index (κ3) is 3.69. The van der Waals surface area contributed by atoms with E-state index < -0.39 is 11.6 Å². The molecular weight excluding hydrogens is 300 g/mol. The SMILES string of the molecule is CNCc1cc(OCc2ccc(F)cc2F)n(C2CCCC2)n1. The zero-order valence-corrected chi connectivity index (χ0v) is 13.2. The molecule has 1 heterocycles. The lowest BCUT2D eigenvalue weighted by Crippen LogP contribution is -2.11. The fourth-order valence-electron chi connectivity index (χ4n) is 3.00. The van der Waals surface area contributed by atoms with Gasteiger partial charge in [-0.05, 0) is 32.0 Å². The molecule has 0 spiro atoms. The van der Waals surface area contributed by atoms with Crippen LogP contribution in [0.1, 0.15) is 43.0 Å². The highest BCUT2D eigenvalue weighted by atomic mass is 19.1. The Balaban J connectivity index is 1.77. The number of nitrogens with zero attached hydrogens (tertiary/aromatic N) is 2. The summed E-state index contributed by atoms with van der Waals surface area (Å²) < 4.78 is 34.4. The van der Waals surface area contributed by atoms with Crippen molar-refractivity contribution in [2.24, 2.45) is 0 Å². The van der Waals surface area contributed by atoms with E-state index in [4.69, 9.17) is 4.74 Å². The molecule has 23 heavy (non-hydrogen) atoms. The number of nitrogens with one attached hydrogen (secondary N) is 1. The summed E-state index contributed by atoms with van der Waals surface area (Å²) in [5, 5.41) is 7.68. The molecule has 1 N–H and O–H groups in total. The summed E-state index contributed by atoms with van der Waals surface area (Å²) in [5.74, 6) is -0.531. The van der Waals surface area contributed by atoms with Gasteiger partial charge in [0.05, 0.1) is 11.7 Å².